The van der Waals surface area contributed by atoms with Crippen molar-refractivity contribution in [1.82, 2.24) is 15.1 Å². The Morgan fingerprint density at radius 3 is 2.48 bits per heavy atom. The van der Waals surface area contributed by atoms with Crippen LogP contribution in [-0.2, 0) is 13.0 Å². The molecule has 1 N–H and O–H groups in total. The van der Waals surface area contributed by atoms with Crippen molar-refractivity contribution in [3.05, 3.63) is 41.7 Å². The summed E-state index contributed by atoms with van der Waals surface area (Å²) in [5.74, 6) is 0. The summed E-state index contributed by atoms with van der Waals surface area (Å²) in [6, 6.07) is 9.43. The number of aromatic nitrogens is 2. The molecule has 0 spiro atoms. The fourth-order valence-corrected chi connectivity index (χ4v) is 2.69. The van der Waals surface area contributed by atoms with Crippen LogP contribution in [0.4, 0.5) is 0 Å². The molecule has 0 amide bonds. The molecule has 0 aliphatic carbocycles. The van der Waals surface area contributed by atoms with Gasteiger partial charge in [-0.25, -0.2) is 0 Å². The highest BCUT2D eigenvalue weighted by Gasteiger charge is 2.08. The second-order valence-electron chi connectivity index (χ2n) is 5.72. The third-order valence-electron chi connectivity index (χ3n) is 3.95. The van der Waals surface area contributed by atoms with Gasteiger partial charge in [-0.1, -0.05) is 31.2 Å². The van der Waals surface area contributed by atoms with Gasteiger partial charge < -0.3 is 5.32 Å². The van der Waals surface area contributed by atoms with E-state index in [1.54, 1.807) is 0 Å². The van der Waals surface area contributed by atoms with E-state index >= 15 is 0 Å². The van der Waals surface area contributed by atoms with Crippen molar-refractivity contribution in [3.8, 4) is 11.1 Å². The first-order valence-electron chi connectivity index (χ1n) is 8.00. The SMILES string of the molecule is CCCNC(C)Cc1ccc(-c2cnn(CC)c2C)cc1. The third-order valence-corrected chi connectivity index (χ3v) is 3.95. The summed E-state index contributed by atoms with van der Waals surface area (Å²) in [6.45, 7) is 10.7. The van der Waals surface area contributed by atoms with Crippen molar-refractivity contribution in [2.45, 2.75) is 53.1 Å². The molecule has 0 saturated carbocycles. The summed E-state index contributed by atoms with van der Waals surface area (Å²) in [4.78, 5) is 0. The zero-order valence-electron chi connectivity index (χ0n) is 13.7. The van der Waals surface area contributed by atoms with Crippen LogP contribution in [0.15, 0.2) is 30.5 Å². The van der Waals surface area contributed by atoms with Crippen molar-refractivity contribution in [1.29, 1.82) is 0 Å². The molecular weight excluding hydrogens is 258 g/mol. The maximum Gasteiger partial charge on any atom is 0.0571 e. The number of nitrogens with one attached hydrogen (secondary N) is 1. The zero-order chi connectivity index (χ0) is 15.2. The lowest BCUT2D eigenvalue weighted by Crippen LogP contribution is -2.28. The number of hydrogen-bond donors (Lipinski definition) is 1. The molecule has 1 unspecified atom stereocenters. The first kappa shape index (κ1) is 15.8. The molecule has 3 heteroatoms. The van der Waals surface area contributed by atoms with Crippen LogP contribution in [0.3, 0.4) is 0 Å². The summed E-state index contributed by atoms with van der Waals surface area (Å²) >= 11 is 0. The Hall–Kier alpha value is -1.61. The fraction of sp³-hybridized carbons (Fsp3) is 0.500. The Bertz CT molecular complexity index is 554. The predicted octanol–water partition coefficient (Wildman–Crippen LogP) is 3.81. The topological polar surface area (TPSA) is 29.9 Å². The first-order chi connectivity index (χ1) is 10.2. The Labute approximate surface area is 128 Å². The quantitative estimate of drug-likeness (QED) is 0.838. The maximum absolute atomic E-state index is 4.42. The highest BCUT2D eigenvalue weighted by Crippen LogP contribution is 2.23. The summed E-state index contributed by atoms with van der Waals surface area (Å²) < 4.78 is 2.04. The molecule has 0 fully saturated rings. The molecular formula is C18H27N3. The summed E-state index contributed by atoms with van der Waals surface area (Å²) in [7, 11) is 0. The minimum atomic E-state index is 0.528. The van der Waals surface area contributed by atoms with Gasteiger partial charge in [0.25, 0.3) is 0 Å². The molecule has 21 heavy (non-hydrogen) atoms. The van der Waals surface area contributed by atoms with Gasteiger partial charge in [-0.3, -0.25) is 4.68 Å². The van der Waals surface area contributed by atoms with Crippen molar-refractivity contribution >= 4 is 0 Å². The van der Waals surface area contributed by atoms with E-state index in [4.69, 9.17) is 0 Å². The molecule has 2 rings (SSSR count). The third kappa shape index (κ3) is 3.94. The highest BCUT2D eigenvalue weighted by atomic mass is 15.3. The van der Waals surface area contributed by atoms with Crippen molar-refractivity contribution in [2.75, 3.05) is 6.54 Å². The predicted molar refractivity (Wildman–Crippen MR) is 89.5 cm³/mol. The van der Waals surface area contributed by atoms with E-state index in [-0.39, 0.29) is 0 Å². The molecule has 3 nitrogen and oxygen atoms in total. The molecule has 1 heterocycles. The Balaban J connectivity index is 2.06. The van der Waals surface area contributed by atoms with Crippen LogP contribution in [-0.4, -0.2) is 22.4 Å². The lowest BCUT2D eigenvalue weighted by atomic mass is 10.0. The molecule has 0 radical (unpaired) electrons. The van der Waals surface area contributed by atoms with Gasteiger partial charge in [-0.15, -0.1) is 0 Å². The molecule has 1 aromatic heterocycles. The van der Waals surface area contributed by atoms with E-state index in [2.05, 4.69) is 62.4 Å². The standard InChI is InChI=1S/C18H27N3/c1-5-11-19-14(3)12-16-7-9-17(10-8-16)18-13-20-21(6-2)15(18)4/h7-10,13-14,19H,5-6,11-12H2,1-4H3. The average Bonchev–Trinajstić information content (AvgIpc) is 2.87. The van der Waals surface area contributed by atoms with E-state index in [1.807, 2.05) is 10.9 Å². The second kappa shape index (κ2) is 7.41. The Kier molecular flexibility index (Phi) is 5.57. The number of nitrogens with zero attached hydrogens (tertiary/aromatic N) is 2. The van der Waals surface area contributed by atoms with Crippen LogP contribution in [0.1, 0.15) is 38.4 Å². The van der Waals surface area contributed by atoms with Gasteiger partial charge in [0.1, 0.15) is 0 Å². The Morgan fingerprint density at radius 2 is 1.90 bits per heavy atom. The van der Waals surface area contributed by atoms with Gasteiger partial charge in [-0.2, -0.15) is 5.10 Å². The largest absolute Gasteiger partial charge is 0.314 e. The average molecular weight is 285 g/mol. The van der Waals surface area contributed by atoms with Crippen molar-refractivity contribution in [3.63, 3.8) is 0 Å². The maximum atomic E-state index is 4.42. The zero-order valence-corrected chi connectivity index (χ0v) is 13.7. The van der Waals surface area contributed by atoms with E-state index in [0.29, 0.717) is 6.04 Å². The lowest BCUT2D eigenvalue weighted by molar-refractivity contribution is 0.543. The van der Waals surface area contributed by atoms with E-state index in [9.17, 15) is 0 Å². The van der Waals surface area contributed by atoms with Crippen LogP contribution in [0.5, 0.6) is 0 Å². The van der Waals surface area contributed by atoms with Crippen molar-refractivity contribution in [2.24, 2.45) is 0 Å². The van der Waals surface area contributed by atoms with E-state index in [1.165, 1.54) is 28.8 Å². The van der Waals surface area contributed by atoms with Crippen LogP contribution in [0.2, 0.25) is 0 Å². The summed E-state index contributed by atoms with van der Waals surface area (Å²) in [5.41, 5.74) is 5.12. The summed E-state index contributed by atoms with van der Waals surface area (Å²) in [5, 5.41) is 7.96. The number of rotatable bonds is 7. The second-order valence-corrected chi connectivity index (χ2v) is 5.72. The molecule has 1 atom stereocenters. The Morgan fingerprint density at radius 1 is 1.19 bits per heavy atom. The number of hydrogen-bond acceptors (Lipinski definition) is 2. The van der Waals surface area contributed by atoms with Gasteiger partial charge in [0.2, 0.25) is 0 Å². The molecule has 114 valence electrons. The van der Waals surface area contributed by atoms with E-state index in [0.717, 1.165) is 19.5 Å². The molecule has 0 saturated heterocycles. The molecule has 0 bridgehead atoms. The van der Waals surface area contributed by atoms with Gasteiger partial charge in [0, 0.05) is 23.8 Å². The van der Waals surface area contributed by atoms with Gasteiger partial charge >= 0.3 is 0 Å². The van der Waals surface area contributed by atoms with Gasteiger partial charge in [-0.05, 0) is 51.3 Å². The molecule has 2 aromatic rings. The minimum absolute atomic E-state index is 0.528. The molecule has 1 aromatic carbocycles. The smallest absolute Gasteiger partial charge is 0.0571 e. The van der Waals surface area contributed by atoms with Crippen LogP contribution in [0, 0.1) is 6.92 Å². The summed E-state index contributed by atoms with van der Waals surface area (Å²) in [6.07, 6.45) is 4.23. The van der Waals surface area contributed by atoms with Crippen LogP contribution >= 0.6 is 0 Å². The minimum Gasteiger partial charge on any atom is -0.314 e. The lowest BCUT2D eigenvalue weighted by Gasteiger charge is -2.13. The monoisotopic (exact) mass is 285 g/mol. The normalized spacial score (nSPS) is 12.6. The van der Waals surface area contributed by atoms with Gasteiger partial charge in [0.15, 0.2) is 0 Å². The first-order valence-corrected chi connectivity index (χ1v) is 8.00. The molecule has 0 aliphatic heterocycles. The number of benzene rings is 1. The van der Waals surface area contributed by atoms with Gasteiger partial charge in [0.05, 0.1) is 6.20 Å². The van der Waals surface area contributed by atoms with Crippen LogP contribution < -0.4 is 5.32 Å². The number of aryl methyl sites for hydroxylation is 1. The van der Waals surface area contributed by atoms with E-state index < -0.39 is 0 Å². The highest BCUT2D eigenvalue weighted by molar-refractivity contribution is 5.65. The van der Waals surface area contributed by atoms with Crippen LogP contribution in [0.25, 0.3) is 11.1 Å². The van der Waals surface area contributed by atoms with Crippen molar-refractivity contribution < 1.29 is 0 Å². The fourth-order valence-electron chi connectivity index (χ4n) is 2.69. The molecule has 0 aliphatic rings.